The van der Waals surface area contributed by atoms with E-state index in [4.69, 9.17) is 0 Å². The second-order valence-electron chi connectivity index (χ2n) is 6.70. The van der Waals surface area contributed by atoms with E-state index in [1.807, 2.05) is 34.9 Å². The molecule has 0 unspecified atom stereocenters. The Balaban J connectivity index is 1.38. The zero-order valence-corrected chi connectivity index (χ0v) is 17.3. The summed E-state index contributed by atoms with van der Waals surface area (Å²) in [5.74, 6) is 1.10. The standard InChI is InChI=1S/C23H20BrNOS/c24-20-8-11-22-19(14-20)12-13-25(23(22)26)15-17-6-9-21(10-7-17)27-16-18-4-2-1-3-5-18/h1-11,14H,12-13,15-16H2. The largest absolute Gasteiger partial charge is 0.334 e. The summed E-state index contributed by atoms with van der Waals surface area (Å²) in [4.78, 5) is 16.0. The molecule has 0 aromatic heterocycles. The summed E-state index contributed by atoms with van der Waals surface area (Å²) in [6.07, 6.45) is 0.908. The second-order valence-corrected chi connectivity index (χ2v) is 8.66. The Morgan fingerprint density at radius 3 is 2.48 bits per heavy atom. The molecular weight excluding hydrogens is 418 g/mol. The van der Waals surface area contributed by atoms with Crippen LogP contribution >= 0.6 is 27.7 Å². The first-order valence-electron chi connectivity index (χ1n) is 9.02. The van der Waals surface area contributed by atoms with Gasteiger partial charge in [-0.3, -0.25) is 4.79 Å². The first-order chi connectivity index (χ1) is 13.2. The minimum absolute atomic E-state index is 0.131. The minimum Gasteiger partial charge on any atom is -0.334 e. The monoisotopic (exact) mass is 437 g/mol. The Morgan fingerprint density at radius 1 is 0.926 bits per heavy atom. The van der Waals surface area contributed by atoms with Crippen molar-refractivity contribution in [2.45, 2.75) is 23.6 Å². The average Bonchev–Trinajstić information content (AvgIpc) is 2.70. The molecule has 1 aliphatic rings. The summed E-state index contributed by atoms with van der Waals surface area (Å²) < 4.78 is 1.03. The van der Waals surface area contributed by atoms with Gasteiger partial charge in [-0.2, -0.15) is 0 Å². The Bertz CT molecular complexity index is 940. The Hall–Kier alpha value is -2.04. The van der Waals surface area contributed by atoms with E-state index in [9.17, 15) is 4.79 Å². The predicted molar refractivity (Wildman–Crippen MR) is 115 cm³/mol. The fraction of sp³-hybridized carbons (Fsp3) is 0.174. The van der Waals surface area contributed by atoms with Crippen LogP contribution in [0.1, 0.15) is 27.0 Å². The maximum Gasteiger partial charge on any atom is 0.254 e. The van der Waals surface area contributed by atoms with E-state index < -0.39 is 0 Å². The third kappa shape index (κ3) is 4.45. The molecule has 4 heteroatoms. The van der Waals surface area contributed by atoms with Gasteiger partial charge in [0.15, 0.2) is 0 Å². The molecule has 0 N–H and O–H groups in total. The first-order valence-corrected chi connectivity index (χ1v) is 10.8. The number of halogens is 1. The van der Waals surface area contributed by atoms with Crippen LogP contribution in [-0.2, 0) is 18.7 Å². The molecule has 1 aliphatic heterocycles. The van der Waals surface area contributed by atoms with Crippen molar-refractivity contribution in [3.8, 4) is 0 Å². The van der Waals surface area contributed by atoms with Crippen LogP contribution in [-0.4, -0.2) is 17.4 Å². The number of fused-ring (bicyclic) bond motifs is 1. The quantitative estimate of drug-likeness (QED) is 0.460. The molecule has 3 aromatic carbocycles. The van der Waals surface area contributed by atoms with Crippen molar-refractivity contribution in [1.29, 1.82) is 0 Å². The molecule has 0 atom stereocenters. The van der Waals surface area contributed by atoms with Crippen molar-refractivity contribution in [3.63, 3.8) is 0 Å². The van der Waals surface area contributed by atoms with Crippen LogP contribution in [0, 0.1) is 0 Å². The van der Waals surface area contributed by atoms with E-state index in [0.29, 0.717) is 6.54 Å². The molecule has 0 bridgehead atoms. The first kappa shape index (κ1) is 18.3. The van der Waals surface area contributed by atoms with Gasteiger partial charge in [0.2, 0.25) is 0 Å². The van der Waals surface area contributed by atoms with Crippen molar-refractivity contribution >= 4 is 33.6 Å². The summed E-state index contributed by atoms with van der Waals surface area (Å²) in [5, 5.41) is 0. The van der Waals surface area contributed by atoms with Crippen LogP contribution < -0.4 is 0 Å². The average molecular weight is 438 g/mol. The number of hydrogen-bond acceptors (Lipinski definition) is 2. The molecule has 0 fully saturated rings. The highest BCUT2D eigenvalue weighted by Gasteiger charge is 2.24. The van der Waals surface area contributed by atoms with Gasteiger partial charge in [-0.25, -0.2) is 0 Å². The van der Waals surface area contributed by atoms with E-state index in [0.717, 1.165) is 34.3 Å². The van der Waals surface area contributed by atoms with Crippen molar-refractivity contribution in [3.05, 3.63) is 99.5 Å². The molecule has 0 aliphatic carbocycles. The highest BCUT2D eigenvalue weighted by atomic mass is 79.9. The van der Waals surface area contributed by atoms with Gasteiger partial charge in [0.1, 0.15) is 0 Å². The minimum atomic E-state index is 0.131. The third-order valence-corrected chi connectivity index (χ3v) is 6.36. The number of rotatable bonds is 5. The Kier molecular flexibility index (Phi) is 5.65. The number of hydrogen-bond donors (Lipinski definition) is 0. The van der Waals surface area contributed by atoms with Gasteiger partial charge in [-0.1, -0.05) is 58.4 Å². The third-order valence-electron chi connectivity index (χ3n) is 4.78. The van der Waals surface area contributed by atoms with Gasteiger partial charge in [0.05, 0.1) is 0 Å². The molecule has 27 heavy (non-hydrogen) atoms. The molecule has 1 heterocycles. The SMILES string of the molecule is O=C1c2ccc(Br)cc2CCN1Cc1ccc(SCc2ccccc2)cc1. The molecule has 2 nitrogen and oxygen atoms in total. The van der Waals surface area contributed by atoms with Crippen molar-refractivity contribution < 1.29 is 4.79 Å². The molecule has 3 aromatic rings. The number of carbonyl (C=O) groups is 1. The van der Waals surface area contributed by atoms with Crippen molar-refractivity contribution in [2.24, 2.45) is 0 Å². The van der Waals surface area contributed by atoms with Gasteiger partial charge < -0.3 is 4.90 Å². The van der Waals surface area contributed by atoms with Gasteiger partial charge in [0, 0.05) is 33.8 Å². The van der Waals surface area contributed by atoms with Crippen LogP contribution in [0.15, 0.2) is 82.2 Å². The lowest BCUT2D eigenvalue weighted by molar-refractivity contribution is 0.0727. The van der Waals surface area contributed by atoms with Gasteiger partial charge in [-0.05, 0) is 53.4 Å². The summed E-state index contributed by atoms with van der Waals surface area (Å²) in [6, 6.07) is 25.0. The molecule has 136 valence electrons. The van der Waals surface area contributed by atoms with Crippen molar-refractivity contribution in [2.75, 3.05) is 6.54 Å². The number of benzene rings is 3. The molecule has 0 saturated carbocycles. The van der Waals surface area contributed by atoms with E-state index >= 15 is 0 Å². The van der Waals surface area contributed by atoms with Crippen LogP contribution in [0.2, 0.25) is 0 Å². The van der Waals surface area contributed by atoms with Crippen molar-refractivity contribution in [1.82, 2.24) is 4.90 Å². The van der Waals surface area contributed by atoms with Crippen LogP contribution in [0.25, 0.3) is 0 Å². The molecule has 0 saturated heterocycles. The lowest BCUT2D eigenvalue weighted by Crippen LogP contribution is -2.37. The zero-order chi connectivity index (χ0) is 18.6. The van der Waals surface area contributed by atoms with Crippen LogP contribution in [0.5, 0.6) is 0 Å². The summed E-state index contributed by atoms with van der Waals surface area (Å²) >= 11 is 5.32. The summed E-state index contributed by atoms with van der Waals surface area (Å²) in [5.41, 5.74) is 4.47. The van der Waals surface area contributed by atoms with E-state index in [-0.39, 0.29) is 5.91 Å². The number of nitrogens with zero attached hydrogens (tertiary/aromatic N) is 1. The zero-order valence-electron chi connectivity index (χ0n) is 14.9. The molecule has 0 spiro atoms. The van der Waals surface area contributed by atoms with Gasteiger partial charge >= 0.3 is 0 Å². The number of carbonyl (C=O) groups excluding carboxylic acids is 1. The molecule has 4 rings (SSSR count). The van der Waals surface area contributed by atoms with Crippen LogP contribution in [0.4, 0.5) is 0 Å². The number of amides is 1. The molecule has 0 radical (unpaired) electrons. The lowest BCUT2D eigenvalue weighted by Gasteiger charge is -2.28. The maximum absolute atomic E-state index is 12.8. The maximum atomic E-state index is 12.8. The smallest absolute Gasteiger partial charge is 0.254 e. The lowest BCUT2D eigenvalue weighted by atomic mass is 9.99. The molecular formula is C23H20BrNOS. The van der Waals surface area contributed by atoms with Gasteiger partial charge in [0.25, 0.3) is 5.91 Å². The summed E-state index contributed by atoms with van der Waals surface area (Å²) in [7, 11) is 0. The fourth-order valence-corrected chi connectivity index (χ4v) is 4.57. The van der Waals surface area contributed by atoms with E-state index in [1.54, 1.807) is 0 Å². The number of thioether (sulfide) groups is 1. The highest BCUT2D eigenvalue weighted by Crippen LogP contribution is 2.26. The molecule has 1 amide bonds. The van der Waals surface area contributed by atoms with Gasteiger partial charge in [-0.15, -0.1) is 11.8 Å². The predicted octanol–water partition coefficient (Wildman–Crippen LogP) is 5.94. The van der Waals surface area contributed by atoms with E-state index in [2.05, 4.69) is 70.5 Å². The Morgan fingerprint density at radius 2 is 1.70 bits per heavy atom. The topological polar surface area (TPSA) is 20.3 Å². The second kappa shape index (κ2) is 8.32. The van der Waals surface area contributed by atoms with Crippen LogP contribution in [0.3, 0.4) is 0 Å². The van der Waals surface area contributed by atoms with E-state index in [1.165, 1.54) is 16.0 Å². The fourth-order valence-electron chi connectivity index (χ4n) is 3.31. The highest BCUT2D eigenvalue weighted by molar-refractivity contribution is 9.10. The normalized spacial score (nSPS) is 13.5. The summed E-state index contributed by atoms with van der Waals surface area (Å²) in [6.45, 7) is 1.44. The Labute approximate surface area is 172 Å².